The van der Waals surface area contributed by atoms with E-state index in [0.29, 0.717) is 6.54 Å². The highest BCUT2D eigenvalue weighted by molar-refractivity contribution is 8.14. The van der Waals surface area contributed by atoms with Crippen molar-refractivity contribution in [3.8, 4) is 0 Å². The molecule has 0 saturated heterocycles. The first-order valence-corrected chi connectivity index (χ1v) is 6.62. The minimum absolute atomic E-state index is 0.0494. The number of nitrogens with one attached hydrogen (secondary N) is 1. The van der Waals surface area contributed by atoms with Gasteiger partial charge in [-0.1, -0.05) is 11.8 Å². The van der Waals surface area contributed by atoms with Gasteiger partial charge in [0.1, 0.15) is 0 Å². The van der Waals surface area contributed by atoms with Gasteiger partial charge in [0.05, 0.1) is 12.3 Å². The summed E-state index contributed by atoms with van der Waals surface area (Å²) in [6.07, 6.45) is 0. The molecule has 0 heterocycles. The average molecular weight is 275 g/mol. The molecule has 0 unspecified atom stereocenters. The highest BCUT2D eigenvalue weighted by Crippen LogP contribution is 2.02. The SMILES string of the molecule is CCN(CC(=O)NC(C)C)C(=O)CSC(N)=NN. The Morgan fingerprint density at radius 2 is 2.06 bits per heavy atom. The predicted octanol–water partition coefficient (Wildman–Crippen LogP) is -0.719. The summed E-state index contributed by atoms with van der Waals surface area (Å²) in [6, 6.07) is 0.0562. The summed E-state index contributed by atoms with van der Waals surface area (Å²) < 4.78 is 0. The first-order chi connectivity index (χ1) is 8.40. The first kappa shape index (κ1) is 16.6. The van der Waals surface area contributed by atoms with E-state index in [4.69, 9.17) is 11.6 Å². The molecule has 104 valence electrons. The summed E-state index contributed by atoms with van der Waals surface area (Å²) in [7, 11) is 0. The van der Waals surface area contributed by atoms with Gasteiger partial charge in [-0.3, -0.25) is 9.59 Å². The second-order valence-electron chi connectivity index (χ2n) is 3.89. The zero-order chi connectivity index (χ0) is 14.1. The highest BCUT2D eigenvalue weighted by atomic mass is 32.2. The Morgan fingerprint density at radius 1 is 1.44 bits per heavy atom. The molecule has 0 aromatic carbocycles. The van der Waals surface area contributed by atoms with Crippen LogP contribution in [0.2, 0.25) is 0 Å². The van der Waals surface area contributed by atoms with Crippen molar-refractivity contribution in [1.82, 2.24) is 10.2 Å². The maximum absolute atomic E-state index is 11.8. The van der Waals surface area contributed by atoms with Crippen LogP contribution in [-0.4, -0.2) is 46.8 Å². The molecule has 7 nitrogen and oxygen atoms in total. The minimum atomic E-state index is -0.175. The zero-order valence-corrected chi connectivity index (χ0v) is 11.8. The molecule has 0 radical (unpaired) electrons. The minimum Gasteiger partial charge on any atom is -0.377 e. The van der Waals surface area contributed by atoms with Crippen molar-refractivity contribution in [1.29, 1.82) is 0 Å². The monoisotopic (exact) mass is 275 g/mol. The molecule has 0 bridgehead atoms. The Kier molecular flexibility index (Phi) is 7.93. The van der Waals surface area contributed by atoms with Crippen molar-refractivity contribution in [3.05, 3.63) is 0 Å². The fourth-order valence-electron chi connectivity index (χ4n) is 1.18. The van der Waals surface area contributed by atoms with Gasteiger partial charge in [-0.25, -0.2) is 0 Å². The number of hydrogen-bond acceptors (Lipinski definition) is 5. The molecule has 0 rings (SSSR count). The molecule has 0 aliphatic heterocycles. The lowest BCUT2D eigenvalue weighted by Gasteiger charge is -2.20. The topological polar surface area (TPSA) is 114 Å². The van der Waals surface area contributed by atoms with Crippen LogP contribution >= 0.6 is 11.8 Å². The number of nitrogens with two attached hydrogens (primary N) is 2. The molecule has 0 aromatic rings. The third kappa shape index (κ3) is 7.00. The number of hydrogen-bond donors (Lipinski definition) is 3. The number of amides is 2. The van der Waals surface area contributed by atoms with E-state index >= 15 is 0 Å². The van der Waals surface area contributed by atoms with E-state index in [1.165, 1.54) is 4.90 Å². The molecule has 8 heteroatoms. The maximum atomic E-state index is 11.8. The van der Waals surface area contributed by atoms with E-state index in [2.05, 4.69) is 10.4 Å². The Labute approximate surface area is 111 Å². The number of amidine groups is 1. The molecule has 18 heavy (non-hydrogen) atoms. The van der Waals surface area contributed by atoms with E-state index in [0.717, 1.165) is 11.8 Å². The highest BCUT2D eigenvalue weighted by Gasteiger charge is 2.16. The molecule has 0 spiro atoms. The molecular weight excluding hydrogens is 254 g/mol. The Bertz CT molecular complexity index is 319. The number of nitrogens with zero attached hydrogens (tertiary/aromatic N) is 2. The van der Waals surface area contributed by atoms with Gasteiger partial charge in [0.25, 0.3) is 0 Å². The van der Waals surface area contributed by atoms with Crippen LogP contribution in [0.25, 0.3) is 0 Å². The van der Waals surface area contributed by atoms with E-state index in [-0.39, 0.29) is 35.3 Å². The first-order valence-electron chi connectivity index (χ1n) is 5.64. The number of hydrazone groups is 1. The molecule has 5 N–H and O–H groups in total. The van der Waals surface area contributed by atoms with E-state index in [1.807, 2.05) is 20.8 Å². The van der Waals surface area contributed by atoms with Crippen molar-refractivity contribution in [2.45, 2.75) is 26.8 Å². The van der Waals surface area contributed by atoms with E-state index in [1.54, 1.807) is 0 Å². The standard InChI is InChI=1S/C10H21N5O2S/c1-4-15(5-8(16)13-7(2)3)9(17)6-18-10(11)14-12/h7H,4-6,12H2,1-3H3,(H2,11,14)(H,13,16). The van der Waals surface area contributed by atoms with Crippen molar-refractivity contribution in [3.63, 3.8) is 0 Å². The van der Waals surface area contributed by atoms with Gasteiger partial charge < -0.3 is 21.8 Å². The van der Waals surface area contributed by atoms with Crippen LogP contribution in [0.1, 0.15) is 20.8 Å². The third-order valence-corrected chi connectivity index (χ3v) is 2.78. The predicted molar refractivity (Wildman–Crippen MR) is 73.8 cm³/mol. The van der Waals surface area contributed by atoms with Crippen molar-refractivity contribution >= 4 is 28.7 Å². The van der Waals surface area contributed by atoms with Crippen molar-refractivity contribution in [2.75, 3.05) is 18.8 Å². The lowest BCUT2D eigenvalue weighted by molar-refractivity contribution is -0.134. The fourth-order valence-corrected chi connectivity index (χ4v) is 1.71. The van der Waals surface area contributed by atoms with Gasteiger partial charge in [0.15, 0.2) is 5.17 Å². The Morgan fingerprint density at radius 3 is 2.50 bits per heavy atom. The van der Waals surface area contributed by atoms with Crippen LogP contribution < -0.4 is 16.9 Å². The molecule has 0 fully saturated rings. The van der Waals surface area contributed by atoms with Gasteiger partial charge >= 0.3 is 0 Å². The van der Waals surface area contributed by atoms with E-state index in [9.17, 15) is 9.59 Å². The number of thioether (sulfide) groups is 1. The fraction of sp³-hybridized carbons (Fsp3) is 0.700. The smallest absolute Gasteiger partial charge is 0.239 e. The van der Waals surface area contributed by atoms with Crippen LogP contribution in [0.15, 0.2) is 5.10 Å². The number of rotatable bonds is 6. The second-order valence-corrected chi connectivity index (χ2v) is 4.88. The molecule has 0 aliphatic rings. The summed E-state index contributed by atoms with van der Waals surface area (Å²) >= 11 is 1.05. The quantitative estimate of drug-likeness (QED) is 0.256. The van der Waals surface area contributed by atoms with Crippen molar-refractivity contribution in [2.24, 2.45) is 16.7 Å². The lowest BCUT2D eigenvalue weighted by atomic mass is 10.3. The zero-order valence-electron chi connectivity index (χ0n) is 11.0. The average Bonchev–Trinajstić information content (AvgIpc) is 2.31. The normalized spacial score (nSPS) is 11.4. The maximum Gasteiger partial charge on any atom is 0.239 e. The number of carbonyl (C=O) groups is 2. The van der Waals surface area contributed by atoms with Gasteiger partial charge in [-0.2, -0.15) is 5.10 Å². The van der Waals surface area contributed by atoms with Gasteiger partial charge in [0.2, 0.25) is 11.8 Å². The summed E-state index contributed by atoms with van der Waals surface area (Å²) in [4.78, 5) is 24.8. The third-order valence-electron chi connectivity index (χ3n) is 1.99. The van der Waals surface area contributed by atoms with Crippen LogP contribution in [0.4, 0.5) is 0 Å². The largest absolute Gasteiger partial charge is 0.377 e. The van der Waals surface area contributed by atoms with Gasteiger partial charge in [0, 0.05) is 12.6 Å². The Hall–Kier alpha value is -1.44. The molecule has 0 atom stereocenters. The van der Waals surface area contributed by atoms with Crippen LogP contribution in [0.5, 0.6) is 0 Å². The second kappa shape index (κ2) is 8.62. The molecule has 2 amide bonds. The molecule has 0 aromatic heterocycles. The number of likely N-dealkylation sites (N-methyl/N-ethyl adjacent to an activating group) is 1. The van der Waals surface area contributed by atoms with Crippen LogP contribution in [-0.2, 0) is 9.59 Å². The molecule has 0 aliphatic carbocycles. The Balaban J connectivity index is 4.23. The summed E-state index contributed by atoms with van der Waals surface area (Å²) in [5, 5.41) is 6.13. The van der Waals surface area contributed by atoms with Gasteiger partial charge in [-0.05, 0) is 20.8 Å². The number of carbonyl (C=O) groups excluding carboxylic acids is 2. The van der Waals surface area contributed by atoms with Crippen molar-refractivity contribution < 1.29 is 9.59 Å². The summed E-state index contributed by atoms with van der Waals surface area (Å²) in [5.74, 6) is 4.73. The molecule has 0 saturated carbocycles. The summed E-state index contributed by atoms with van der Waals surface area (Å²) in [6.45, 7) is 6.05. The van der Waals surface area contributed by atoms with Gasteiger partial charge in [-0.15, -0.1) is 0 Å². The van der Waals surface area contributed by atoms with Crippen LogP contribution in [0, 0.1) is 0 Å². The van der Waals surface area contributed by atoms with Crippen LogP contribution in [0.3, 0.4) is 0 Å². The van der Waals surface area contributed by atoms with E-state index < -0.39 is 0 Å². The molecular formula is C10H21N5O2S. The lowest BCUT2D eigenvalue weighted by Crippen LogP contribution is -2.43. The summed E-state index contributed by atoms with van der Waals surface area (Å²) in [5.41, 5.74) is 5.37.